The number of Topliss-reactive ketones (excluding diaryl/α,β-unsaturated/α-hetero) is 1. The molecule has 35 heavy (non-hydrogen) atoms. The average molecular weight is 472 g/mol. The van der Waals surface area contributed by atoms with Gasteiger partial charge in [0.2, 0.25) is 5.88 Å². The van der Waals surface area contributed by atoms with E-state index in [1.54, 1.807) is 11.2 Å². The van der Waals surface area contributed by atoms with Crippen molar-refractivity contribution in [2.24, 2.45) is 0 Å². The number of fused-ring (bicyclic) bond motifs is 1. The molecule has 0 radical (unpaired) electrons. The van der Waals surface area contributed by atoms with Crippen molar-refractivity contribution in [1.29, 1.82) is 0 Å². The lowest BCUT2D eigenvalue weighted by molar-refractivity contribution is -0.126. The minimum absolute atomic E-state index is 0.240. The van der Waals surface area contributed by atoms with Gasteiger partial charge in [0.1, 0.15) is 17.0 Å². The van der Waals surface area contributed by atoms with Gasteiger partial charge in [-0.2, -0.15) is 0 Å². The standard InChI is InChI=1S/C27H25N3O5/c1-33-21-16-29-26(34-2)24-23(21)19(15-28-24)25(31)27(32)30-12-10-18(11-13-30)22(20-9-6-14-35-20)17-7-4-3-5-8-17/h3-9,14-16,28H,10-13H2,1-2H3. The fraction of sp³-hybridized carbons (Fsp3) is 0.222. The predicted octanol–water partition coefficient (Wildman–Crippen LogP) is 4.48. The number of benzene rings is 1. The Bertz CT molecular complexity index is 1390. The molecule has 4 heterocycles. The van der Waals surface area contributed by atoms with Gasteiger partial charge in [-0.05, 0) is 30.5 Å². The van der Waals surface area contributed by atoms with Gasteiger partial charge < -0.3 is 23.8 Å². The minimum atomic E-state index is -0.593. The number of furan rings is 1. The quantitative estimate of drug-likeness (QED) is 0.329. The lowest BCUT2D eigenvalue weighted by Gasteiger charge is -2.29. The first-order valence-corrected chi connectivity index (χ1v) is 11.3. The van der Waals surface area contributed by atoms with E-state index in [-0.39, 0.29) is 5.56 Å². The van der Waals surface area contributed by atoms with Crippen LogP contribution in [0.5, 0.6) is 11.6 Å². The highest BCUT2D eigenvalue weighted by molar-refractivity contribution is 6.45. The van der Waals surface area contributed by atoms with Crippen LogP contribution in [0.15, 0.2) is 71.1 Å². The van der Waals surface area contributed by atoms with Gasteiger partial charge in [0.25, 0.3) is 11.7 Å². The highest BCUT2D eigenvalue weighted by Gasteiger charge is 2.30. The van der Waals surface area contributed by atoms with E-state index in [9.17, 15) is 9.59 Å². The number of aromatic amines is 1. The third kappa shape index (κ3) is 4.07. The van der Waals surface area contributed by atoms with Crippen LogP contribution in [0.25, 0.3) is 16.5 Å². The Kier molecular flexibility index (Phi) is 6.10. The monoisotopic (exact) mass is 471 g/mol. The maximum atomic E-state index is 13.3. The molecule has 0 saturated carbocycles. The molecule has 3 aromatic heterocycles. The van der Waals surface area contributed by atoms with E-state index in [0.717, 1.165) is 16.9 Å². The number of hydrogen-bond acceptors (Lipinski definition) is 6. The van der Waals surface area contributed by atoms with Crippen LogP contribution < -0.4 is 9.47 Å². The molecule has 0 unspecified atom stereocenters. The zero-order chi connectivity index (χ0) is 24.4. The van der Waals surface area contributed by atoms with Crippen LogP contribution in [-0.2, 0) is 4.79 Å². The minimum Gasteiger partial charge on any atom is -0.494 e. The molecule has 5 rings (SSSR count). The third-order valence-electron chi connectivity index (χ3n) is 6.33. The van der Waals surface area contributed by atoms with Gasteiger partial charge >= 0.3 is 0 Å². The van der Waals surface area contributed by atoms with Crippen molar-refractivity contribution in [3.05, 3.63) is 83.6 Å². The van der Waals surface area contributed by atoms with Gasteiger partial charge in [-0.25, -0.2) is 4.98 Å². The van der Waals surface area contributed by atoms with Crippen molar-refractivity contribution in [3.8, 4) is 11.6 Å². The Labute approximate surface area is 202 Å². The van der Waals surface area contributed by atoms with E-state index < -0.39 is 11.7 Å². The summed E-state index contributed by atoms with van der Waals surface area (Å²) in [6, 6.07) is 13.9. The number of hydrogen-bond donors (Lipinski definition) is 1. The van der Waals surface area contributed by atoms with Crippen LogP contribution in [0.2, 0.25) is 0 Å². The summed E-state index contributed by atoms with van der Waals surface area (Å²) in [6.07, 6.45) is 5.96. The number of nitrogens with one attached hydrogen (secondary N) is 1. The molecular weight excluding hydrogens is 446 g/mol. The first-order valence-electron chi connectivity index (χ1n) is 11.3. The molecular formula is C27H25N3O5. The van der Waals surface area contributed by atoms with E-state index in [1.165, 1.54) is 32.2 Å². The molecule has 1 aromatic carbocycles. The first-order chi connectivity index (χ1) is 17.1. The van der Waals surface area contributed by atoms with E-state index in [4.69, 9.17) is 13.9 Å². The molecule has 1 saturated heterocycles. The smallest absolute Gasteiger partial charge is 0.295 e. The van der Waals surface area contributed by atoms with Crippen LogP contribution in [-0.4, -0.2) is 53.9 Å². The van der Waals surface area contributed by atoms with Crippen LogP contribution in [0.1, 0.15) is 34.5 Å². The summed E-state index contributed by atoms with van der Waals surface area (Å²) < 4.78 is 16.4. The Hall–Kier alpha value is -4.33. The van der Waals surface area contributed by atoms with Crippen LogP contribution in [0.4, 0.5) is 0 Å². The second-order valence-corrected chi connectivity index (χ2v) is 8.23. The van der Waals surface area contributed by atoms with Crippen molar-refractivity contribution < 1.29 is 23.5 Å². The van der Waals surface area contributed by atoms with E-state index >= 15 is 0 Å². The van der Waals surface area contributed by atoms with Gasteiger partial charge in [-0.1, -0.05) is 35.9 Å². The summed E-state index contributed by atoms with van der Waals surface area (Å²) in [4.78, 5) is 35.3. The highest BCUT2D eigenvalue weighted by Crippen LogP contribution is 2.35. The number of aromatic nitrogens is 2. The summed E-state index contributed by atoms with van der Waals surface area (Å²) in [5.74, 6) is 0.390. The number of likely N-dealkylation sites (tertiary alicyclic amines) is 1. The molecule has 0 atom stereocenters. The lowest BCUT2D eigenvalue weighted by Crippen LogP contribution is -2.40. The number of rotatable bonds is 6. The zero-order valence-electron chi connectivity index (χ0n) is 19.5. The summed E-state index contributed by atoms with van der Waals surface area (Å²) in [5, 5.41) is 0.486. The number of ether oxygens (including phenoxy) is 2. The number of H-pyrrole nitrogens is 1. The number of pyridine rings is 1. The van der Waals surface area contributed by atoms with Crippen molar-refractivity contribution in [3.63, 3.8) is 0 Å². The molecule has 1 amide bonds. The normalized spacial score (nSPS) is 13.7. The predicted molar refractivity (Wildman–Crippen MR) is 131 cm³/mol. The highest BCUT2D eigenvalue weighted by atomic mass is 16.5. The van der Waals surface area contributed by atoms with E-state index in [1.807, 2.05) is 30.3 Å². The van der Waals surface area contributed by atoms with Gasteiger partial charge in [-0.3, -0.25) is 9.59 Å². The molecule has 178 valence electrons. The Morgan fingerprint density at radius 2 is 1.80 bits per heavy atom. The molecule has 0 bridgehead atoms. The SMILES string of the molecule is COc1ncc(OC)c2c(C(=O)C(=O)N3CCC(=C(c4ccccc4)c4ccco4)CC3)c[nH]c12. The van der Waals surface area contributed by atoms with Crippen LogP contribution in [0, 0.1) is 0 Å². The largest absolute Gasteiger partial charge is 0.494 e. The average Bonchev–Trinajstić information content (AvgIpc) is 3.59. The first kappa shape index (κ1) is 22.5. The van der Waals surface area contributed by atoms with E-state index in [0.29, 0.717) is 48.5 Å². The van der Waals surface area contributed by atoms with Crippen molar-refractivity contribution >= 4 is 28.2 Å². The van der Waals surface area contributed by atoms with Gasteiger partial charge in [0.15, 0.2) is 0 Å². The number of carbonyl (C=O) groups is 2. The van der Waals surface area contributed by atoms with Gasteiger partial charge in [0, 0.05) is 24.9 Å². The lowest BCUT2D eigenvalue weighted by atomic mass is 9.91. The fourth-order valence-corrected chi connectivity index (χ4v) is 4.62. The second kappa shape index (κ2) is 9.50. The number of methoxy groups -OCH3 is 2. The van der Waals surface area contributed by atoms with Crippen molar-refractivity contribution in [2.75, 3.05) is 27.3 Å². The second-order valence-electron chi connectivity index (χ2n) is 8.23. The maximum absolute atomic E-state index is 13.3. The Morgan fingerprint density at radius 1 is 1.03 bits per heavy atom. The summed E-state index contributed by atoms with van der Waals surface area (Å²) >= 11 is 0. The van der Waals surface area contributed by atoms with Crippen molar-refractivity contribution in [2.45, 2.75) is 12.8 Å². The third-order valence-corrected chi connectivity index (χ3v) is 6.33. The molecule has 1 N–H and O–H groups in total. The van der Waals surface area contributed by atoms with Crippen LogP contribution in [0.3, 0.4) is 0 Å². The summed E-state index contributed by atoms with van der Waals surface area (Å²) in [5.41, 5.74) is 4.08. The molecule has 1 aliphatic heterocycles. The van der Waals surface area contributed by atoms with Crippen LogP contribution >= 0.6 is 0 Å². The number of nitrogens with zero attached hydrogens (tertiary/aromatic N) is 2. The molecule has 1 fully saturated rings. The molecule has 8 nitrogen and oxygen atoms in total. The fourth-order valence-electron chi connectivity index (χ4n) is 4.62. The topological polar surface area (TPSA) is 97.7 Å². The Balaban J connectivity index is 1.40. The zero-order valence-corrected chi connectivity index (χ0v) is 19.5. The number of carbonyl (C=O) groups excluding carboxylic acids is 2. The number of ketones is 1. The summed E-state index contributed by atoms with van der Waals surface area (Å²) in [7, 11) is 2.99. The number of piperidine rings is 1. The molecule has 0 spiro atoms. The van der Waals surface area contributed by atoms with Gasteiger partial charge in [0.05, 0.1) is 37.6 Å². The molecule has 8 heteroatoms. The van der Waals surface area contributed by atoms with Gasteiger partial charge in [-0.15, -0.1) is 0 Å². The summed E-state index contributed by atoms with van der Waals surface area (Å²) in [6.45, 7) is 0.891. The number of amides is 1. The Morgan fingerprint density at radius 3 is 2.46 bits per heavy atom. The van der Waals surface area contributed by atoms with E-state index in [2.05, 4.69) is 22.1 Å². The molecule has 0 aliphatic carbocycles. The van der Waals surface area contributed by atoms with Crippen molar-refractivity contribution in [1.82, 2.24) is 14.9 Å². The molecule has 4 aromatic rings. The molecule has 1 aliphatic rings. The maximum Gasteiger partial charge on any atom is 0.295 e.